The largest absolute Gasteiger partial charge is 0.489 e. The van der Waals surface area contributed by atoms with Gasteiger partial charge in [0.1, 0.15) is 25.4 Å². The Balaban J connectivity index is 1.17. The number of hydrogen-bond acceptors (Lipinski definition) is 1. The molecule has 1 aromatic heterocycles. The lowest BCUT2D eigenvalue weighted by molar-refractivity contribution is -0.663. The molecule has 1 heterocycles. The predicted molar refractivity (Wildman–Crippen MR) is 143 cm³/mol. The molecule has 7 aromatic rings. The second-order valence-corrected chi connectivity index (χ2v) is 9.21. The summed E-state index contributed by atoms with van der Waals surface area (Å²) in [5.41, 5.74) is 3.76. The molecular formula is C32H25N2O+. The number of ether oxygens (including phenoxy) is 1. The van der Waals surface area contributed by atoms with Crippen LogP contribution in [0, 0.1) is 0 Å². The van der Waals surface area contributed by atoms with Crippen LogP contribution in [0.5, 0.6) is 5.75 Å². The second kappa shape index (κ2) is 8.14. The zero-order chi connectivity index (χ0) is 23.2. The van der Waals surface area contributed by atoms with Crippen molar-refractivity contribution in [3.63, 3.8) is 0 Å². The van der Waals surface area contributed by atoms with Crippen LogP contribution < -0.4 is 9.30 Å². The van der Waals surface area contributed by atoms with Crippen LogP contribution in [0.1, 0.15) is 5.56 Å². The van der Waals surface area contributed by atoms with Crippen molar-refractivity contribution in [2.75, 3.05) is 6.61 Å². The Kier molecular flexibility index (Phi) is 4.66. The molecule has 0 amide bonds. The maximum Gasteiger partial charge on any atom is 0.245 e. The summed E-state index contributed by atoms with van der Waals surface area (Å²) in [7, 11) is 0. The summed E-state index contributed by atoms with van der Waals surface area (Å²) < 4.78 is 10.9. The topological polar surface area (TPSA) is 18.0 Å². The van der Waals surface area contributed by atoms with Gasteiger partial charge in [0.15, 0.2) is 11.0 Å². The fourth-order valence-corrected chi connectivity index (χ4v) is 5.40. The van der Waals surface area contributed by atoms with Crippen molar-refractivity contribution in [3.8, 4) is 5.75 Å². The van der Waals surface area contributed by atoms with Crippen LogP contribution in [-0.4, -0.2) is 11.2 Å². The van der Waals surface area contributed by atoms with E-state index in [1.807, 2.05) is 0 Å². The molecule has 0 spiro atoms. The molecule has 6 aromatic carbocycles. The van der Waals surface area contributed by atoms with Gasteiger partial charge in [-0.05, 0) is 62.1 Å². The molecule has 0 aliphatic carbocycles. The molecule has 168 valence electrons. The minimum absolute atomic E-state index is 0.609. The van der Waals surface area contributed by atoms with Gasteiger partial charge in [-0.3, -0.25) is 0 Å². The van der Waals surface area contributed by atoms with Crippen molar-refractivity contribution < 1.29 is 9.30 Å². The fourth-order valence-electron chi connectivity index (χ4n) is 5.40. The minimum atomic E-state index is 0.609. The van der Waals surface area contributed by atoms with Gasteiger partial charge in [0.05, 0.1) is 0 Å². The van der Waals surface area contributed by atoms with Crippen molar-refractivity contribution in [1.82, 2.24) is 4.57 Å². The standard InChI is InChI=1S/C32H25N2O/c1-2-7-23(8-3-1)21-34-22-33(29-11-4-5-12-30(29)34)17-18-35-28-19-26-15-13-24-9-6-10-25-14-16-27(20-28)32(26)31(24)25/h1-16,19-20,22H,17-18,21H2/q+1. The SMILES string of the molecule is c1ccc(C[n+]2cn(CCOc3cc4ccc5cccc6ccc(c3)c4c56)c3ccccc32)cc1. The molecular weight excluding hydrogens is 428 g/mol. The quantitative estimate of drug-likeness (QED) is 0.197. The molecule has 0 N–H and O–H groups in total. The van der Waals surface area contributed by atoms with Crippen LogP contribution in [0.25, 0.3) is 43.4 Å². The summed E-state index contributed by atoms with van der Waals surface area (Å²) in [6.07, 6.45) is 2.21. The van der Waals surface area contributed by atoms with Gasteiger partial charge >= 0.3 is 0 Å². The molecule has 3 heteroatoms. The van der Waals surface area contributed by atoms with Gasteiger partial charge in [0, 0.05) is 0 Å². The van der Waals surface area contributed by atoms with Crippen LogP contribution in [0.15, 0.2) is 116 Å². The Morgan fingerprint density at radius 3 is 2.06 bits per heavy atom. The molecule has 35 heavy (non-hydrogen) atoms. The smallest absolute Gasteiger partial charge is 0.245 e. The first-order valence-electron chi connectivity index (χ1n) is 12.2. The van der Waals surface area contributed by atoms with E-state index in [1.165, 1.54) is 48.9 Å². The Morgan fingerprint density at radius 1 is 0.629 bits per heavy atom. The molecule has 0 fully saturated rings. The number of nitrogens with zero attached hydrogens (tertiary/aromatic N) is 2. The summed E-state index contributed by atoms with van der Waals surface area (Å²) in [4.78, 5) is 0. The van der Waals surface area contributed by atoms with Crippen molar-refractivity contribution in [1.29, 1.82) is 0 Å². The normalized spacial score (nSPS) is 11.8. The van der Waals surface area contributed by atoms with Gasteiger partial charge in [0.25, 0.3) is 0 Å². The van der Waals surface area contributed by atoms with Crippen LogP contribution in [0.4, 0.5) is 0 Å². The Bertz CT molecular complexity index is 1740. The average molecular weight is 454 g/mol. The van der Waals surface area contributed by atoms with E-state index in [4.69, 9.17) is 4.74 Å². The highest BCUT2D eigenvalue weighted by molar-refractivity contribution is 6.23. The highest BCUT2D eigenvalue weighted by Gasteiger charge is 2.16. The summed E-state index contributed by atoms with van der Waals surface area (Å²) >= 11 is 0. The predicted octanol–water partition coefficient (Wildman–Crippen LogP) is 6.95. The summed E-state index contributed by atoms with van der Waals surface area (Å²) in [5.74, 6) is 0.921. The number of imidazole rings is 1. The molecule has 0 bridgehead atoms. The van der Waals surface area contributed by atoms with Gasteiger partial charge in [0.2, 0.25) is 6.33 Å². The maximum absolute atomic E-state index is 6.31. The van der Waals surface area contributed by atoms with E-state index in [2.05, 4.69) is 125 Å². The first-order valence-corrected chi connectivity index (χ1v) is 12.2. The van der Waals surface area contributed by atoms with Crippen LogP contribution in [0.3, 0.4) is 0 Å². The molecule has 0 aliphatic heterocycles. The van der Waals surface area contributed by atoms with Crippen LogP contribution in [-0.2, 0) is 13.1 Å². The van der Waals surface area contributed by atoms with Crippen molar-refractivity contribution in [3.05, 3.63) is 121 Å². The third-order valence-electron chi connectivity index (χ3n) is 7.01. The molecule has 0 saturated carbocycles. The lowest BCUT2D eigenvalue weighted by Crippen LogP contribution is -2.32. The molecule has 0 radical (unpaired) electrons. The Hall–Kier alpha value is -4.37. The molecule has 3 nitrogen and oxygen atoms in total. The second-order valence-electron chi connectivity index (χ2n) is 9.21. The monoisotopic (exact) mass is 453 g/mol. The molecule has 0 aliphatic rings. The number of hydrogen-bond donors (Lipinski definition) is 0. The number of fused-ring (bicyclic) bond motifs is 1. The average Bonchev–Trinajstić information content (AvgIpc) is 3.25. The van der Waals surface area contributed by atoms with E-state index in [1.54, 1.807) is 0 Å². The van der Waals surface area contributed by atoms with E-state index >= 15 is 0 Å². The molecule has 0 atom stereocenters. The minimum Gasteiger partial charge on any atom is -0.489 e. The third kappa shape index (κ3) is 3.48. The van der Waals surface area contributed by atoms with E-state index in [0.29, 0.717) is 6.61 Å². The van der Waals surface area contributed by atoms with Crippen molar-refractivity contribution in [2.24, 2.45) is 0 Å². The van der Waals surface area contributed by atoms with Gasteiger partial charge < -0.3 is 4.74 Å². The van der Waals surface area contributed by atoms with Gasteiger partial charge in [-0.1, -0.05) is 84.9 Å². The van der Waals surface area contributed by atoms with Gasteiger partial charge in [-0.25, -0.2) is 9.13 Å². The number of benzene rings is 6. The van der Waals surface area contributed by atoms with E-state index in [0.717, 1.165) is 18.8 Å². The lowest BCUT2D eigenvalue weighted by atomic mass is 9.94. The van der Waals surface area contributed by atoms with Gasteiger partial charge in [-0.15, -0.1) is 0 Å². The zero-order valence-electron chi connectivity index (χ0n) is 19.4. The van der Waals surface area contributed by atoms with Crippen LogP contribution in [0.2, 0.25) is 0 Å². The molecule has 7 rings (SSSR count). The van der Waals surface area contributed by atoms with E-state index in [-0.39, 0.29) is 0 Å². The van der Waals surface area contributed by atoms with Crippen LogP contribution >= 0.6 is 0 Å². The lowest BCUT2D eigenvalue weighted by Gasteiger charge is -2.13. The number of para-hydroxylation sites is 2. The van der Waals surface area contributed by atoms with Crippen molar-refractivity contribution >= 4 is 43.4 Å². The fraction of sp³-hybridized carbons (Fsp3) is 0.0938. The highest BCUT2D eigenvalue weighted by Crippen LogP contribution is 2.36. The summed E-state index contributed by atoms with van der Waals surface area (Å²) in [6, 6.07) is 38.9. The first kappa shape index (κ1) is 20.0. The Labute approximate surface area is 203 Å². The van der Waals surface area contributed by atoms with Gasteiger partial charge in [-0.2, -0.15) is 0 Å². The first-order chi connectivity index (χ1) is 17.3. The summed E-state index contributed by atoms with van der Waals surface area (Å²) in [6.45, 7) is 2.25. The maximum atomic E-state index is 6.31. The molecule has 0 unspecified atom stereocenters. The highest BCUT2D eigenvalue weighted by atomic mass is 16.5. The van der Waals surface area contributed by atoms with Crippen molar-refractivity contribution in [2.45, 2.75) is 13.1 Å². The molecule has 0 saturated heterocycles. The third-order valence-corrected chi connectivity index (χ3v) is 7.01. The van der Waals surface area contributed by atoms with E-state index in [9.17, 15) is 0 Å². The van der Waals surface area contributed by atoms with E-state index < -0.39 is 0 Å². The zero-order valence-corrected chi connectivity index (χ0v) is 19.4. The number of rotatable bonds is 6. The summed E-state index contributed by atoms with van der Waals surface area (Å²) in [5, 5.41) is 7.71. The Morgan fingerprint density at radius 2 is 1.29 bits per heavy atom. The number of aromatic nitrogens is 2.